The molecule has 3 heterocycles. The number of methoxy groups -OCH3 is 1. The van der Waals surface area contributed by atoms with Gasteiger partial charge < -0.3 is 15.4 Å². The standard InChI is InChI=1S/C30H26FN5O4S/c1-18-17-41(38,39)27-15-26(40-2)25(14-24(18)27)33-30-34-28-12-7-21(16-36(28)35-30)20-5-10-23(11-6-20)32-29(37)13-19-3-8-22(31)9-4-19/h3-12,14-16,18H,13,17H2,1-2H3,(H,32,37)(H,33,35). The number of nitrogens with one attached hydrogen (secondary N) is 2. The number of carbonyl (C=O) groups is 1. The highest BCUT2D eigenvalue weighted by atomic mass is 32.2. The van der Waals surface area contributed by atoms with Crippen molar-refractivity contribution in [3.8, 4) is 16.9 Å². The molecule has 0 bridgehead atoms. The Hall–Kier alpha value is -4.77. The maximum atomic E-state index is 13.1. The van der Waals surface area contributed by atoms with E-state index in [2.05, 4.69) is 20.7 Å². The number of halogens is 1. The summed E-state index contributed by atoms with van der Waals surface area (Å²) < 4.78 is 45.2. The molecule has 1 unspecified atom stereocenters. The van der Waals surface area contributed by atoms with Gasteiger partial charge in [0.15, 0.2) is 15.5 Å². The van der Waals surface area contributed by atoms with Gasteiger partial charge in [0, 0.05) is 23.5 Å². The number of nitrogens with zero attached hydrogens (tertiary/aromatic N) is 3. The molecule has 0 saturated carbocycles. The second kappa shape index (κ2) is 10.3. The molecule has 2 aromatic heterocycles. The Labute approximate surface area is 235 Å². The van der Waals surface area contributed by atoms with Crippen molar-refractivity contribution in [3.05, 3.63) is 95.9 Å². The van der Waals surface area contributed by atoms with Gasteiger partial charge in [0.2, 0.25) is 11.9 Å². The lowest BCUT2D eigenvalue weighted by molar-refractivity contribution is -0.115. The van der Waals surface area contributed by atoms with E-state index in [1.54, 1.807) is 28.8 Å². The first-order valence-electron chi connectivity index (χ1n) is 12.9. The normalized spacial score (nSPS) is 15.4. The van der Waals surface area contributed by atoms with Crippen LogP contribution in [0.4, 0.5) is 21.7 Å². The van der Waals surface area contributed by atoms with E-state index in [0.29, 0.717) is 33.6 Å². The average Bonchev–Trinajstić information content (AvgIpc) is 3.45. The molecule has 5 aromatic rings. The van der Waals surface area contributed by atoms with Crippen molar-refractivity contribution in [2.24, 2.45) is 0 Å². The lowest BCUT2D eigenvalue weighted by atomic mass is 10.0. The third-order valence-electron chi connectivity index (χ3n) is 7.02. The van der Waals surface area contributed by atoms with Crippen molar-refractivity contribution in [3.63, 3.8) is 0 Å². The highest BCUT2D eigenvalue weighted by Gasteiger charge is 2.33. The second-order valence-electron chi connectivity index (χ2n) is 9.98. The van der Waals surface area contributed by atoms with E-state index in [1.165, 1.54) is 19.2 Å². The summed E-state index contributed by atoms with van der Waals surface area (Å²) in [4.78, 5) is 17.2. The van der Waals surface area contributed by atoms with Crippen LogP contribution in [0.1, 0.15) is 24.0 Å². The van der Waals surface area contributed by atoms with Gasteiger partial charge in [-0.3, -0.25) is 4.79 Å². The van der Waals surface area contributed by atoms with E-state index in [1.807, 2.05) is 49.5 Å². The van der Waals surface area contributed by atoms with Gasteiger partial charge in [-0.25, -0.2) is 17.3 Å². The number of hydrogen-bond acceptors (Lipinski definition) is 7. The summed E-state index contributed by atoms with van der Waals surface area (Å²) in [6.45, 7) is 1.89. The molecule has 1 aliphatic rings. The molecule has 0 fully saturated rings. The van der Waals surface area contributed by atoms with Gasteiger partial charge in [0.25, 0.3) is 0 Å². The van der Waals surface area contributed by atoms with Crippen LogP contribution in [0.3, 0.4) is 0 Å². The molecular weight excluding hydrogens is 545 g/mol. The van der Waals surface area contributed by atoms with Gasteiger partial charge in [-0.05, 0) is 65.1 Å². The topological polar surface area (TPSA) is 115 Å². The van der Waals surface area contributed by atoms with Crippen LogP contribution in [0.25, 0.3) is 16.8 Å². The molecule has 41 heavy (non-hydrogen) atoms. The second-order valence-corrected chi connectivity index (χ2v) is 12.0. The molecule has 1 aliphatic heterocycles. The van der Waals surface area contributed by atoms with Crippen LogP contribution in [-0.4, -0.2) is 41.8 Å². The summed E-state index contributed by atoms with van der Waals surface area (Å²) in [5.74, 6) is 0.166. The van der Waals surface area contributed by atoms with E-state index in [-0.39, 0.29) is 29.8 Å². The maximum absolute atomic E-state index is 13.1. The number of rotatable bonds is 7. The highest BCUT2D eigenvalue weighted by Crippen LogP contribution is 2.41. The van der Waals surface area contributed by atoms with E-state index in [4.69, 9.17) is 4.74 Å². The van der Waals surface area contributed by atoms with Crippen LogP contribution in [0.2, 0.25) is 0 Å². The van der Waals surface area contributed by atoms with Gasteiger partial charge in [-0.1, -0.05) is 31.2 Å². The molecule has 208 valence electrons. The van der Waals surface area contributed by atoms with E-state index >= 15 is 0 Å². The lowest BCUT2D eigenvalue weighted by Crippen LogP contribution is -2.14. The van der Waals surface area contributed by atoms with Gasteiger partial charge in [0.05, 0.1) is 29.9 Å². The van der Waals surface area contributed by atoms with Gasteiger partial charge in [-0.15, -0.1) is 5.10 Å². The fourth-order valence-corrected chi connectivity index (χ4v) is 6.90. The first-order chi connectivity index (χ1) is 19.7. The van der Waals surface area contributed by atoms with Crippen molar-refractivity contribution < 1.29 is 22.3 Å². The zero-order valence-electron chi connectivity index (χ0n) is 22.3. The Balaban J connectivity index is 1.18. The van der Waals surface area contributed by atoms with Crippen LogP contribution in [-0.2, 0) is 21.1 Å². The van der Waals surface area contributed by atoms with Gasteiger partial charge >= 0.3 is 0 Å². The van der Waals surface area contributed by atoms with Crippen LogP contribution in [0, 0.1) is 5.82 Å². The highest BCUT2D eigenvalue weighted by molar-refractivity contribution is 7.91. The Bertz CT molecular complexity index is 1890. The van der Waals surface area contributed by atoms with Crippen LogP contribution in [0.5, 0.6) is 5.75 Å². The molecule has 6 rings (SSSR count). The zero-order chi connectivity index (χ0) is 28.7. The molecule has 0 spiro atoms. The number of fused-ring (bicyclic) bond motifs is 2. The van der Waals surface area contributed by atoms with Crippen molar-refractivity contribution >= 4 is 38.7 Å². The molecule has 0 aliphatic carbocycles. The summed E-state index contributed by atoms with van der Waals surface area (Å²) in [5.41, 5.74) is 5.15. The molecule has 0 saturated heterocycles. The predicted octanol–water partition coefficient (Wildman–Crippen LogP) is 5.36. The monoisotopic (exact) mass is 571 g/mol. The lowest BCUT2D eigenvalue weighted by Gasteiger charge is -2.12. The summed E-state index contributed by atoms with van der Waals surface area (Å²) >= 11 is 0. The van der Waals surface area contributed by atoms with E-state index < -0.39 is 9.84 Å². The number of benzene rings is 3. The van der Waals surface area contributed by atoms with Gasteiger partial charge in [0.1, 0.15) is 11.6 Å². The number of aromatic nitrogens is 3. The predicted molar refractivity (Wildman–Crippen MR) is 154 cm³/mol. The molecule has 1 atom stereocenters. The quantitative estimate of drug-likeness (QED) is 0.270. The summed E-state index contributed by atoms with van der Waals surface area (Å²) in [7, 11) is -1.84. The van der Waals surface area contributed by atoms with Crippen molar-refractivity contribution in [1.82, 2.24) is 14.6 Å². The number of anilines is 3. The molecule has 1 amide bonds. The third kappa shape index (κ3) is 5.36. The number of ether oxygens (including phenoxy) is 1. The van der Waals surface area contributed by atoms with Crippen LogP contribution < -0.4 is 15.4 Å². The largest absolute Gasteiger partial charge is 0.495 e. The van der Waals surface area contributed by atoms with Gasteiger partial charge in [-0.2, -0.15) is 4.98 Å². The van der Waals surface area contributed by atoms with Crippen LogP contribution in [0.15, 0.2) is 83.9 Å². The van der Waals surface area contributed by atoms with E-state index in [9.17, 15) is 17.6 Å². The zero-order valence-corrected chi connectivity index (χ0v) is 23.1. The minimum Gasteiger partial charge on any atom is -0.495 e. The first-order valence-corrected chi connectivity index (χ1v) is 14.6. The SMILES string of the molecule is COc1cc2c(cc1Nc1nc3ccc(-c4ccc(NC(=O)Cc5ccc(F)cc5)cc4)cn3n1)C(C)CS2(=O)=O. The minimum absolute atomic E-state index is 0.0771. The maximum Gasteiger partial charge on any atom is 0.247 e. The Morgan fingerprint density at radius 1 is 1.05 bits per heavy atom. The summed E-state index contributed by atoms with van der Waals surface area (Å²) in [5, 5.41) is 10.6. The Morgan fingerprint density at radius 2 is 1.78 bits per heavy atom. The number of hydrogen-bond donors (Lipinski definition) is 2. The fraction of sp³-hybridized carbons (Fsp3) is 0.167. The Kier molecular flexibility index (Phi) is 6.66. The van der Waals surface area contributed by atoms with E-state index in [0.717, 1.165) is 22.3 Å². The smallest absolute Gasteiger partial charge is 0.247 e. The number of carbonyl (C=O) groups excluding carboxylic acids is 1. The summed E-state index contributed by atoms with van der Waals surface area (Å²) in [6.07, 6.45) is 2.00. The molecule has 11 heteroatoms. The Morgan fingerprint density at radius 3 is 2.51 bits per heavy atom. The molecule has 0 radical (unpaired) electrons. The number of pyridine rings is 1. The number of amides is 1. The average molecular weight is 572 g/mol. The fourth-order valence-electron chi connectivity index (χ4n) is 4.97. The molecule has 9 nitrogen and oxygen atoms in total. The first kappa shape index (κ1) is 26.5. The van der Waals surface area contributed by atoms with Crippen molar-refractivity contribution in [1.29, 1.82) is 0 Å². The molecule has 3 aromatic carbocycles. The summed E-state index contributed by atoms with van der Waals surface area (Å²) in [6, 6.07) is 20.4. The number of sulfone groups is 1. The van der Waals surface area contributed by atoms with Crippen LogP contribution >= 0.6 is 0 Å². The minimum atomic E-state index is -3.33. The van der Waals surface area contributed by atoms with Crippen molar-refractivity contribution in [2.45, 2.75) is 24.2 Å². The molecular formula is C30H26FN5O4S. The van der Waals surface area contributed by atoms with Crippen molar-refractivity contribution in [2.75, 3.05) is 23.5 Å². The molecule has 2 N–H and O–H groups in total. The third-order valence-corrected chi connectivity index (χ3v) is 8.99.